The van der Waals surface area contributed by atoms with Crippen LogP contribution in [0.1, 0.15) is 34.5 Å². The number of carbonyl (C=O) groups is 3. The standard InChI is InChI=1S/C24H19B2ClO5S/c25-31-22(29)24(23(30)32-26,14-4-7-16-5-2-1-3-6-16)15-19(28)21-13-12-20(33-21)17-8-10-18(27)11-9-17/h1-3,5-6,8-13H,4,7,14-15H2. The molecule has 164 valence electrons. The fourth-order valence-corrected chi connectivity index (χ4v) is 4.68. The fraction of sp³-hybridized carbons (Fsp3) is 0.208. The van der Waals surface area contributed by atoms with Crippen LogP contribution in [-0.2, 0) is 25.3 Å². The zero-order chi connectivity index (χ0) is 23.8. The highest BCUT2D eigenvalue weighted by molar-refractivity contribution is 7.17. The van der Waals surface area contributed by atoms with Gasteiger partial charge in [-0.25, -0.2) is 0 Å². The predicted octanol–water partition coefficient (Wildman–Crippen LogP) is 4.90. The Morgan fingerprint density at radius 3 is 2.12 bits per heavy atom. The third kappa shape index (κ3) is 5.95. The molecule has 0 unspecified atom stereocenters. The van der Waals surface area contributed by atoms with Crippen LogP contribution in [0.25, 0.3) is 10.4 Å². The molecule has 0 fully saturated rings. The van der Waals surface area contributed by atoms with Gasteiger partial charge in [0.25, 0.3) is 0 Å². The fourth-order valence-electron chi connectivity index (χ4n) is 3.60. The summed E-state index contributed by atoms with van der Waals surface area (Å²) in [5, 5.41) is 0.604. The number of hydrogen-bond donors (Lipinski definition) is 0. The van der Waals surface area contributed by atoms with Gasteiger partial charge in [0.15, 0.2) is 11.2 Å². The first-order valence-electron chi connectivity index (χ1n) is 10.1. The maximum Gasteiger partial charge on any atom is 0.378 e. The first-order valence-corrected chi connectivity index (χ1v) is 11.3. The number of thiophene rings is 1. The number of Topliss-reactive ketones (excluding diaryl/α,β-unsaturated/α-hetero) is 1. The van der Waals surface area contributed by atoms with Crippen LogP contribution in [0.15, 0.2) is 66.7 Å². The number of benzene rings is 2. The van der Waals surface area contributed by atoms with Crippen molar-refractivity contribution in [3.05, 3.63) is 82.2 Å². The normalized spacial score (nSPS) is 11.1. The molecule has 0 atom stereocenters. The molecule has 9 heteroatoms. The van der Waals surface area contributed by atoms with E-state index in [2.05, 4.69) is 9.31 Å². The van der Waals surface area contributed by atoms with Gasteiger partial charge in [0.1, 0.15) is 0 Å². The van der Waals surface area contributed by atoms with E-state index in [9.17, 15) is 14.4 Å². The minimum atomic E-state index is -1.94. The van der Waals surface area contributed by atoms with Gasteiger partial charge >= 0.3 is 28.0 Å². The molecule has 1 heterocycles. The van der Waals surface area contributed by atoms with Crippen LogP contribution in [0.3, 0.4) is 0 Å². The molecule has 0 saturated carbocycles. The van der Waals surface area contributed by atoms with Gasteiger partial charge < -0.3 is 9.31 Å². The Kier molecular flexibility index (Phi) is 8.53. The molecule has 3 aromatic rings. The first kappa shape index (κ1) is 24.8. The summed E-state index contributed by atoms with van der Waals surface area (Å²) in [5.74, 6) is -2.54. The summed E-state index contributed by atoms with van der Waals surface area (Å²) in [6, 6.07) is 20.2. The van der Waals surface area contributed by atoms with Gasteiger partial charge in [-0.05, 0) is 54.7 Å². The van der Waals surface area contributed by atoms with E-state index < -0.39 is 29.6 Å². The second kappa shape index (κ2) is 11.3. The molecule has 0 saturated heterocycles. The molecule has 5 nitrogen and oxygen atoms in total. The Morgan fingerprint density at radius 2 is 1.52 bits per heavy atom. The van der Waals surface area contributed by atoms with Gasteiger partial charge in [-0.3, -0.25) is 14.4 Å². The van der Waals surface area contributed by atoms with E-state index in [1.807, 2.05) is 42.5 Å². The van der Waals surface area contributed by atoms with E-state index in [0.29, 0.717) is 22.7 Å². The van der Waals surface area contributed by atoms with Crippen molar-refractivity contribution in [1.82, 2.24) is 0 Å². The zero-order valence-electron chi connectivity index (χ0n) is 17.7. The van der Waals surface area contributed by atoms with Crippen molar-refractivity contribution >= 4 is 56.8 Å². The van der Waals surface area contributed by atoms with Crippen LogP contribution in [0.4, 0.5) is 0 Å². The summed E-state index contributed by atoms with van der Waals surface area (Å²) in [5.41, 5.74) is -0.0362. The van der Waals surface area contributed by atoms with Crippen molar-refractivity contribution in [2.75, 3.05) is 0 Å². The number of rotatable bonds is 10. The average Bonchev–Trinajstić information content (AvgIpc) is 3.34. The SMILES string of the molecule is [B]OC(=O)C(CCCc1ccccc1)(CC(=O)c1ccc(-c2ccc(Cl)cc2)s1)C(=O)O[B]. The van der Waals surface area contributed by atoms with E-state index >= 15 is 0 Å². The average molecular weight is 477 g/mol. The van der Waals surface area contributed by atoms with Crippen molar-refractivity contribution < 1.29 is 23.7 Å². The van der Waals surface area contributed by atoms with Gasteiger partial charge in [-0.15, -0.1) is 11.3 Å². The highest BCUT2D eigenvalue weighted by Crippen LogP contribution is 2.36. The highest BCUT2D eigenvalue weighted by Gasteiger charge is 2.49. The Balaban J connectivity index is 1.82. The van der Waals surface area contributed by atoms with Gasteiger partial charge in [0.05, 0.1) is 4.88 Å². The van der Waals surface area contributed by atoms with Crippen LogP contribution < -0.4 is 0 Å². The first-order chi connectivity index (χ1) is 15.9. The molecule has 33 heavy (non-hydrogen) atoms. The van der Waals surface area contributed by atoms with Crippen LogP contribution in [0, 0.1) is 5.41 Å². The summed E-state index contributed by atoms with van der Waals surface area (Å²) in [6.45, 7) is 0. The topological polar surface area (TPSA) is 69.7 Å². The van der Waals surface area contributed by atoms with Crippen LogP contribution >= 0.6 is 22.9 Å². The van der Waals surface area contributed by atoms with E-state index in [-0.39, 0.29) is 6.42 Å². The monoisotopic (exact) mass is 476 g/mol. The Morgan fingerprint density at radius 1 is 0.879 bits per heavy atom. The maximum absolute atomic E-state index is 13.1. The Bertz CT molecular complexity index is 1100. The third-order valence-electron chi connectivity index (χ3n) is 5.38. The predicted molar refractivity (Wildman–Crippen MR) is 129 cm³/mol. The highest BCUT2D eigenvalue weighted by atomic mass is 35.5. The Labute approximate surface area is 203 Å². The number of carbonyl (C=O) groups excluding carboxylic acids is 3. The lowest BCUT2D eigenvalue weighted by Gasteiger charge is -2.28. The molecule has 1 aromatic heterocycles. The maximum atomic E-state index is 13.1. The molecule has 2 aromatic carbocycles. The summed E-state index contributed by atoms with van der Waals surface area (Å²) in [7, 11) is 10.2. The number of hydrogen-bond acceptors (Lipinski definition) is 6. The largest absolute Gasteiger partial charge is 0.543 e. The molecular weight excluding hydrogens is 457 g/mol. The van der Waals surface area contributed by atoms with Crippen molar-refractivity contribution in [1.29, 1.82) is 0 Å². The Hall–Kier alpha value is -2.83. The smallest absolute Gasteiger partial charge is 0.378 e. The van der Waals surface area contributed by atoms with Gasteiger partial charge in [0, 0.05) is 16.3 Å². The lowest BCUT2D eigenvalue weighted by molar-refractivity contribution is -0.161. The minimum absolute atomic E-state index is 0.0187. The molecule has 3 rings (SSSR count). The van der Waals surface area contributed by atoms with Crippen molar-refractivity contribution in [3.63, 3.8) is 0 Å². The van der Waals surface area contributed by atoms with Crippen LogP contribution in [0.2, 0.25) is 5.02 Å². The van der Waals surface area contributed by atoms with Crippen LogP contribution in [0.5, 0.6) is 0 Å². The molecule has 0 aliphatic rings. The van der Waals surface area contributed by atoms with Gasteiger partial charge in [0.2, 0.25) is 0 Å². The molecule has 4 radical (unpaired) electrons. The quantitative estimate of drug-likeness (QED) is 0.236. The lowest BCUT2D eigenvalue weighted by Crippen LogP contribution is -2.43. The van der Waals surface area contributed by atoms with Crippen LogP contribution in [-0.4, -0.2) is 33.8 Å². The summed E-state index contributed by atoms with van der Waals surface area (Å²) in [4.78, 5) is 39.6. The number of halogens is 1. The molecule has 0 spiro atoms. The summed E-state index contributed by atoms with van der Waals surface area (Å²) in [6.07, 6.45) is 0.484. The van der Waals surface area contributed by atoms with Crippen molar-refractivity contribution in [3.8, 4) is 10.4 Å². The molecule has 0 N–H and O–H groups in total. The lowest BCUT2D eigenvalue weighted by atomic mass is 9.77. The summed E-state index contributed by atoms with van der Waals surface area (Å²) < 4.78 is 8.81. The van der Waals surface area contributed by atoms with E-state index in [0.717, 1.165) is 16.0 Å². The zero-order valence-corrected chi connectivity index (χ0v) is 19.2. The molecule has 0 aliphatic heterocycles. The summed E-state index contributed by atoms with van der Waals surface area (Å²) >= 11 is 7.18. The molecule has 0 bridgehead atoms. The molecule has 0 aliphatic carbocycles. The second-order valence-corrected chi connectivity index (χ2v) is 9.02. The second-order valence-electron chi connectivity index (χ2n) is 7.50. The minimum Gasteiger partial charge on any atom is -0.543 e. The molecule has 0 amide bonds. The van der Waals surface area contributed by atoms with E-state index in [1.54, 1.807) is 24.3 Å². The van der Waals surface area contributed by atoms with E-state index in [4.69, 9.17) is 27.7 Å². The molecular formula is C24H19B2ClO5S. The third-order valence-corrected chi connectivity index (χ3v) is 6.81. The van der Waals surface area contributed by atoms with Crippen molar-refractivity contribution in [2.24, 2.45) is 5.41 Å². The van der Waals surface area contributed by atoms with E-state index in [1.165, 1.54) is 11.3 Å². The van der Waals surface area contributed by atoms with Crippen molar-refractivity contribution in [2.45, 2.75) is 25.7 Å². The van der Waals surface area contributed by atoms with Gasteiger partial charge in [-0.2, -0.15) is 0 Å². The number of aryl methyl sites for hydroxylation is 1. The number of ketones is 1. The van der Waals surface area contributed by atoms with Gasteiger partial charge in [-0.1, -0.05) is 54.1 Å².